The van der Waals surface area contributed by atoms with Crippen molar-refractivity contribution in [2.24, 2.45) is 0 Å². The number of rotatable bonds is 7. The monoisotopic (exact) mass is 263 g/mol. The molecule has 0 aliphatic carbocycles. The Hall–Kier alpha value is -1.75. The first-order chi connectivity index (χ1) is 9.28. The summed E-state index contributed by atoms with van der Waals surface area (Å²) in [7, 11) is 0. The lowest BCUT2D eigenvalue weighted by atomic mass is 10.1. The molecule has 1 N–H and O–H groups in total. The summed E-state index contributed by atoms with van der Waals surface area (Å²) < 4.78 is 18.6. The fourth-order valence-corrected chi connectivity index (χ4v) is 1.82. The van der Waals surface area contributed by atoms with Crippen LogP contribution in [0.25, 0.3) is 0 Å². The third-order valence-corrected chi connectivity index (χ3v) is 2.75. The lowest BCUT2D eigenvalue weighted by Crippen LogP contribution is -2.14. The van der Waals surface area contributed by atoms with E-state index in [4.69, 9.17) is 4.42 Å². The highest BCUT2D eigenvalue weighted by molar-refractivity contribution is 5.19. The topological polar surface area (TPSA) is 51.0 Å². The molecule has 0 amide bonds. The van der Waals surface area contributed by atoms with Crippen LogP contribution in [-0.4, -0.2) is 23.3 Å². The van der Waals surface area contributed by atoms with Gasteiger partial charge >= 0.3 is 0 Å². The minimum atomic E-state index is -0.247. The molecule has 5 heteroatoms. The molecule has 0 radical (unpaired) electrons. The van der Waals surface area contributed by atoms with Gasteiger partial charge in [0.2, 0.25) is 11.8 Å². The molecule has 1 heterocycles. The van der Waals surface area contributed by atoms with Crippen molar-refractivity contribution < 1.29 is 8.81 Å². The summed E-state index contributed by atoms with van der Waals surface area (Å²) >= 11 is 0. The lowest BCUT2D eigenvalue weighted by molar-refractivity contribution is 0.449. The van der Waals surface area contributed by atoms with Crippen LogP contribution in [0.3, 0.4) is 0 Å². The van der Waals surface area contributed by atoms with Gasteiger partial charge in [-0.05, 0) is 37.2 Å². The van der Waals surface area contributed by atoms with Gasteiger partial charge in [0.25, 0.3) is 0 Å². The van der Waals surface area contributed by atoms with Gasteiger partial charge in [-0.1, -0.05) is 19.1 Å². The Balaban J connectivity index is 1.87. The fraction of sp³-hybridized carbons (Fsp3) is 0.429. The highest BCUT2D eigenvalue weighted by Gasteiger charge is 2.07. The molecule has 2 rings (SSSR count). The van der Waals surface area contributed by atoms with Crippen LogP contribution in [0.15, 0.2) is 28.7 Å². The van der Waals surface area contributed by atoms with Crippen LogP contribution in [0.4, 0.5) is 4.39 Å². The molecule has 0 atom stereocenters. The second kappa shape index (κ2) is 6.99. The van der Waals surface area contributed by atoms with Gasteiger partial charge in [-0.15, -0.1) is 10.2 Å². The second-order valence-electron chi connectivity index (χ2n) is 4.35. The third kappa shape index (κ3) is 4.44. The van der Waals surface area contributed by atoms with E-state index in [1.165, 1.54) is 12.1 Å². The number of nitrogens with zero attached hydrogens (tertiary/aromatic N) is 2. The van der Waals surface area contributed by atoms with Gasteiger partial charge < -0.3 is 9.73 Å². The maximum atomic E-state index is 13.0. The van der Waals surface area contributed by atoms with Crippen molar-refractivity contribution in [3.8, 4) is 0 Å². The number of aromatic nitrogens is 2. The molecular formula is C14H18FN3O. The van der Waals surface area contributed by atoms with Gasteiger partial charge in [0.1, 0.15) is 5.82 Å². The molecule has 1 aromatic heterocycles. The van der Waals surface area contributed by atoms with E-state index in [-0.39, 0.29) is 5.82 Å². The molecule has 0 aliphatic rings. The van der Waals surface area contributed by atoms with Gasteiger partial charge in [0.15, 0.2) is 0 Å². The van der Waals surface area contributed by atoms with Gasteiger partial charge in [-0.2, -0.15) is 0 Å². The van der Waals surface area contributed by atoms with E-state index in [0.29, 0.717) is 18.2 Å². The Kier molecular flexibility index (Phi) is 5.03. The zero-order chi connectivity index (χ0) is 13.5. The van der Waals surface area contributed by atoms with Gasteiger partial charge in [0, 0.05) is 6.42 Å². The second-order valence-corrected chi connectivity index (χ2v) is 4.35. The maximum absolute atomic E-state index is 13.0. The van der Waals surface area contributed by atoms with Crippen molar-refractivity contribution in [1.29, 1.82) is 0 Å². The summed E-state index contributed by atoms with van der Waals surface area (Å²) in [6, 6.07) is 6.43. The summed E-state index contributed by atoms with van der Waals surface area (Å²) in [6.45, 7) is 3.98. The summed E-state index contributed by atoms with van der Waals surface area (Å²) in [5.41, 5.74) is 0.836. The quantitative estimate of drug-likeness (QED) is 0.779. The molecule has 0 saturated carbocycles. The number of nitrogens with one attached hydrogen (secondary N) is 1. The van der Waals surface area contributed by atoms with Crippen molar-refractivity contribution in [2.75, 3.05) is 13.1 Å². The van der Waals surface area contributed by atoms with Crippen molar-refractivity contribution in [3.05, 3.63) is 47.4 Å². The van der Waals surface area contributed by atoms with Crippen LogP contribution < -0.4 is 5.32 Å². The van der Waals surface area contributed by atoms with Gasteiger partial charge in [0.05, 0.1) is 6.42 Å². The molecule has 0 bridgehead atoms. The standard InChI is InChI=1S/C14H18FN3O/c1-2-16-8-4-7-13-17-18-14(19-13)10-11-5-3-6-12(15)9-11/h3,5-6,9,16H,2,4,7-8,10H2,1H3. The van der Waals surface area contributed by atoms with Crippen molar-refractivity contribution in [2.45, 2.75) is 26.2 Å². The van der Waals surface area contributed by atoms with Crippen LogP contribution in [0.1, 0.15) is 30.7 Å². The Bertz CT molecular complexity index is 513. The SMILES string of the molecule is CCNCCCc1nnc(Cc2cccc(F)c2)o1. The minimum Gasteiger partial charge on any atom is -0.425 e. The average Bonchev–Trinajstić information content (AvgIpc) is 2.82. The van der Waals surface area contributed by atoms with Crippen LogP contribution in [-0.2, 0) is 12.8 Å². The van der Waals surface area contributed by atoms with Crippen molar-refractivity contribution in [3.63, 3.8) is 0 Å². The molecule has 2 aromatic rings. The first kappa shape index (κ1) is 13.7. The summed E-state index contributed by atoms with van der Waals surface area (Å²) in [5.74, 6) is 0.927. The molecule has 4 nitrogen and oxygen atoms in total. The predicted octanol–water partition coefficient (Wildman–Crippen LogP) is 2.34. The zero-order valence-corrected chi connectivity index (χ0v) is 11.0. The molecular weight excluding hydrogens is 245 g/mol. The molecule has 0 unspecified atom stereocenters. The van der Waals surface area contributed by atoms with Crippen LogP contribution >= 0.6 is 0 Å². The molecule has 0 fully saturated rings. The molecule has 1 aromatic carbocycles. The van der Waals surface area contributed by atoms with E-state index in [0.717, 1.165) is 31.5 Å². The molecule has 19 heavy (non-hydrogen) atoms. The normalized spacial score (nSPS) is 10.8. The first-order valence-corrected chi connectivity index (χ1v) is 6.54. The molecule has 0 spiro atoms. The summed E-state index contributed by atoms with van der Waals surface area (Å²) in [6.07, 6.45) is 2.20. The zero-order valence-electron chi connectivity index (χ0n) is 11.0. The minimum absolute atomic E-state index is 0.247. The molecule has 0 saturated heterocycles. The van der Waals surface area contributed by atoms with E-state index < -0.39 is 0 Å². The van der Waals surface area contributed by atoms with E-state index in [9.17, 15) is 4.39 Å². The van der Waals surface area contributed by atoms with Crippen LogP contribution in [0.5, 0.6) is 0 Å². The Morgan fingerprint density at radius 2 is 2.11 bits per heavy atom. The summed E-state index contributed by atoms with van der Waals surface area (Å²) in [4.78, 5) is 0. The largest absolute Gasteiger partial charge is 0.425 e. The van der Waals surface area contributed by atoms with Crippen molar-refractivity contribution >= 4 is 0 Å². The number of benzene rings is 1. The Morgan fingerprint density at radius 1 is 1.26 bits per heavy atom. The molecule has 102 valence electrons. The van der Waals surface area contributed by atoms with E-state index in [1.807, 2.05) is 6.07 Å². The summed E-state index contributed by atoms with van der Waals surface area (Å²) in [5, 5.41) is 11.2. The highest BCUT2D eigenvalue weighted by atomic mass is 19.1. The smallest absolute Gasteiger partial charge is 0.220 e. The van der Waals surface area contributed by atoms with E-state index in [2.05, 4.69) is 22.4 Å². The number of hydrogen-bond donors (Lipinski definition) is 1. The van der Waals surface area contributed by atoms with Crippen LogP contribution in [0, 0.1) is 5.82 Å². The number of halogens is 1. The van der Waals surface area contributed by atoms with Crippen molar-refractivity contribution in [1.82, 2.24) is 15.5 Å². The molecule has 0 aliphatic heterocycles. The predicted molar refractivity (Wildman–Crippen MR) is 70.4 cm³/mol. The third-order valence-electron chi connectivity index (χ3n) is 2.75. The fourth-order valence-electron chi connectivity index (χ4n) is 1.82. The van der Waals surface area contributed by atoms with E-state index >= 15 is 0 Å². The first-order valence-electron chi connectivity index (χ1n) is 6.54. The average molecular weight is 263 g/mol. The van der Waals surface area contributed by atoms with Gasteiger partial charge in [-0.3, -0.25) is 0 Å². The Morgan fingerprint density at radius 3 is 2.89 bits per heavy atom. The number of aryl methyl sites for hydroxylation is 1. The maximum Gasteiger partial charge on any atom is 0.220 e. The Labute approximate surface area is 112 Å². The lowest BCUT2D eigenvalue weighted by Gasteiger charge is -1.98. The van der Waals surface area contributed by atoms with Gasteiger partial charge in [-0.25, -0.2) is 4.39 Å². The highest BCUT2D eigenvalue weighted by Crippen LogP contribution is 2.10. The number of hydrogen-bond acceptors (Lipinski definition) is 4. The van der Waals surface area contributed by atoms with E-state index in [1.54, 1.807) is 6.07 Å². The van der Waals surface area contributed by atoms with Crippen LogP contribution in [0.2, 0.25) is 0 Å².